The second kappa shape index (κ2) is 9.00. The van der Waals surface area contributed by atoms with Gasteiger partial charge in [-0.2, -0.15) is 10.2 Å². The lowest BCUT2D eigenvalue weighted by Gasteiger charge is -2.13. The first-order chi connectivity index (χ1) is 17.1. The van der Waals surface area contributed by atoms with Crippen LogP contribution in [0.25, 0.3) is 17.1 Å². The van der Waals surface area contributed by atoms with Crippen LogP contribution in [0.1, 0.15) is 54.4 Å². The van der Waals surface area contributed by atoms with Crippen molar-refractivity contribution in [3.8, 4) is 17.1 Å². The Bertz CT molecular complexity index is 1330. The molecule has 1 aliphatic carbocycles. The van der Waals surface area contributed by atoms with Crippen molar-refractivity contribution in [2.24, 2.45) is 5.92 Å². The molecule has 35 heavy (non-hydrogen) atoms. The van der Waals surface area contributed by atoms with E-state index in [1.54, 1.807) is 18.5 Å². The van der Waals surface area contributed by atoms with E-state index in [0.717, 1.165) is 72.3 Å². The average molecular weight is 472 g/mol. The van der Waals surface area contributed by atoms with Crippen LogP contribution in [0.2, 0.25) is 0 Å². The van der Waals surface area contributed by atoms with Crippen LogP contribution in [0, 0.1) is 18.7 Å². The van der Waals surface area contributed by atoms with E-state index in [9.17, 15) is 4.39 Å². The molecular formula is C27H30FN7. The summed E-state index contributed by atoms with van der Waals surface area (Å²) in [5.41, 5.74) is 7.47. The summed E-state index contributed by atoms with van der Waals surface area (Å²) >= 11 is 0. The SMILES string of the molecule is CCCN1Cc2cn(-c3cc(Cc4c(C)c(-c5ccc(F)cc5)nn4CC4CC4)ncn3)nc2C1. The fourth-order valence-electron chi connectivity index (χ4n) is 4.98. The zero-order chi connectivity index (χ0) is 23.9. The minimum atomic E-state index is -0.236. The van der Waals surface area contributed by atoms with Gasteiger partial charge in [-0.3, -0.25) is 9.58 Å². The maximum absolute atomic E-state index is 13.5. The van der Waals surface area contributed by atoms with Crippen molar-refractivity contribution < 1.29 is 4.39 Å². The summed E-state index contributed by atoms with van der Waals surface area (Å²) in [5.74, 6) is 1.24. The maximum Gasteiger partial charge on any atom is 0.156 e. The smallest absolute Gasteiger partial charge is 0.156 e. The highest BCUT2D eigenvalue weighted by molar-refractivity contribution is 5.64. The molecule has 4 heterocycles. The molecular weight excluding hydrogens is 441 g/mol. The molecule has 3 aromatic heterocycles. The van der Waals surface area contributed by atoms with Gasteiger partial charge < -0.3 is 0 Å². The molecule has 6 rings (SSSR count). The summed E-state index contributed by atoms with van der Waals surface area (Å²) in [6.07, 6.45) is 8.04. The lowest BCUT2D eigenvalue weighted by Crippen LogP contribution is -2.18. The molecule has 0 unspecified atom stereocenters. The molecule has 4 aromatic rings. The molecule has 0 radical (unpaired) electrons. The van der Waals surface area contributed by atoms with Crippen molar-refractivity contribution in [2.75, 3.05) is 6.54 Å². The third-order valence-electron chi connectivity index (χ3n) is 7.04. The van der Waals surface area contributed by atoms with Gasteiger partial charge in [0.2, 0.25) is 0 Å². The summed E-state index contributed by atoms with van der Waals surface area (Å²) in [7, 11) is 0. The predicted molar refractivity (Wildman–Crippen MR) is 131 cm³/mol. The molecule has 0 N–H and O–H groups in total. The molecule has 0 amide bonds. The van der Waals surface area contributed by atoms with Crippen LogP contribution in [0.4, 0.5) is 4.39 Å². The number of hydrogen-bond acceptors (Lipinski definition) is 5. The van der Waals surface area contributed by atoms with E-state index < -0.39 is 0 Å². The quantitative estimate of drug-likeness (QED) is 0.373. The highest BCUT2D eigenvalue weighted by Crippen LogP contribution is 2.33. The summed E-state index contributed by atoms with van der Waals surface area (Å²) in [6, 6.07) is 8.62. The summed E-state index contributed by atoms with van der Waals surface area (Å²) in [4.78, 5) is 11.5. The van der Waals surface area contributed by atoms with Gasteiger partial charge in [-0.1, -0.05) is 6.92 Å². The van der Waals surface area contributed by atoms with Crippen LogP contribution in [0.15, 0.2) is 42.9 Å². The number of fused-ring (bicyclic) bond motifs is 1. The zero-order valence-electron chi connectivity index (χ0n) is 20.3. The molecule has 1 aromatic carbocycles. The molecule has 7 nitrogen and oxygen atoms in total. The summed E-state index contributed by atoms with van der Waals surface area (Å²) in [6.45, 7) is 8.18. The van der Waals surface area contributed by atoms with Crippen molar-refractivity contribution in [1.82, 2.24) is 34.4 Å². The van der Waals surface area contributed by atoms with Gasteiger partial charge >= 0.3 is 0 Å². The fourth-order valence-corrected chi connectivity index (χ4v) is 4.98. The second-order valence-corrected chi connectivity index (χ2v) is 9.85. The second-order valence-electron chi connectivity index (χ2n) is 9.85. The molecule has 180 valence electrons. The number of benzene rings is 1. The Kier molecular flexibility index (Phi) is 5.68. The van der Waals surface area contributed by atoms with Gasteiger partial charge in [-0.25, -0.2) is 19.0 Å². The van der Waals surface area contributed by atoms with E-state index in [1.165, 1.54) is 30.5 Å². The van der Waals surface area contributed by atoms with E-state index in [4.69, 9.17) is 10.2 Å². The number of nitrogens with zero attached hydrogens (tertiary/aromatic N) is 7. The molecule has 0 atom stereocenters. The van der Waals surface area contributed by atoms with E-state index in [0.29, 0.717) is 12.3 Å². The van der Waals surface area contributed by atoms with Crippen LogP contribution in [-0.4, -0.2) is 41.0 Å². The Hall–Kier alpha value is -3.39. The topological polar surface area (TPSA) is 64.7 Å². The van der Waals surface area contributed by atoms with Gasteiger partial charge in [-0.15, -0.1) is 0 Å². The summed E-state index contributed by atoms with van der Waals surface area (Å²) < 4.78 is 17.5. The van der Waals surface area contributed by atoms with E-state index >= 15 is 0 Å². The molecule has 1 fully saturated rings. The first-order valence-electron chi connectivity index (χ1n) is 12.5. The standard InChI is InChI=1S/C27H30FN7/c1-3-10-33-14-21-15-35(31-24(21)16-33)26-12-23(29-17-30-26)11-25-18(2)27(20-6-8-22(28)9-7-20)32-34(25)13-19-4-5-19/h6-9,12,15,17,19H,3-5,10-11,13-14,16H2,1-2H3. The van der Waals surface area contributed by atoms with Crippen molar-refractivity contribution in [2.45, 2.75) is 59.2 Å². The van der Waals surface area contributed by atoms with Crippen LogP contribution in [-0.2, 0) is 26.1 Å². The molecule has 0 spiro atoms. The molecule has 8 heteroatoms. The minimum Gasteiger partial charge on any atom is -0.293 e. The molecule has 1 aliphatic heterocycles. The normalized spacial score (nSPS) is 15.6. The van der Waals surface area contributed by atoms with Gasteiger partial charge in [0.25, 0.3) is 0 Å². The van der Waals surface area contributed by atoms with Crippen LogP contribution in [0.3, 0.4) is 0 Å². The minimum absolute atomic E-state index is 0.236. The van der Waals surface area contributed by atoms with Crippen molar-refractivity contribution in [1.29, 1.82) is 0 Å². The van der Waals surface area contributed by atoms with E-state index in [-0.39, 0.29) is 5.82 Å². The highest BCUT2D eigenvalue weighted by Gasteiger charge is 2.26. The predicted octanol–water partition coefficient (Wildman–Crippen LogP) is 4.70. The highest BCUT2D eigenvalue weighted by atomic mass is 19.1. The molecule has 2 aliphatic rings. The lowest BCUT2D eigenvalue weighted by atomic mass is 10.0. The first kappa shape index (κ1) is 22.1. The Morgan fingerprint density at radius 3 is 2.63 bits per heavy atom. The van der Waals surface area contributed by atoms with Crippen LogP contribution < -0.4 is 0 Å². The number of hydrogen-bond donors (Lipinski definition) is 0. The van der Waals surface area contributed by atoms with E-state index in [2.05, 4.69) is 39.6 Å². The third-order valence-corrected chi connectivity index (χ3v) is 7.04. The van der Waals surface area contributed by atoms with Gasteiger partial charge in [0.15, 0.2) is 5.82 Å². The third kappa shape index (κ3) is 4.50. The average Bonchev–Trinajstić information content (AvgIpc) is 3.35. The number of aromatic nitrogens is 6. The van der Waals surface area contributed by atoms with Crippen LogP contribution in [0.5, 0.6) is 0 Å². The largest absolute Gasteiger partial charge is 0.293 e. The number of halogens is 1. The summed E-state index contributed by atoms with van der Waals surface area (Å²) in [5, 5.41) is 9.76. The first-order valence-corrected chi connectivity index (χ1v) is 12.5. The Balaban J connectivity index is 1.28. The maximum atomic E-state index is 13.5. The molecule has 1 saturated carbocycles. The van der Waals surface area contributed by atoms with Crippen molar-refractivity contribution >= 4 is 0 Å². The van der Waals surface area contributed by atoms with Gasteiger partial charge in [0, 0.05) is 55.1 Å². The van der Waals surface area contributed by atoms with Crippen LogP contribution >= 0.6 is 0 Å². The van der Waals surface area contributed by atoms with Gasteiger partial charge in [0.05, 0.1) is 17.1 Å². The van der Waals surface area contributed by atoms with E-state index in [1.807, 2.05) is 10.7 Å². The van der Waals surface area contributed by atoms with Crippen molar-refractivity contribution in [3.63, 3.8) is 0 Å². The van der Waals surface area contributed by atoms with Gasteiger partial charge in [0.1, 0.15) is 12.1 Å². The Morgan fingerprint density at radius 2 is 1.89 bits per heavy atom. The monoisotopic (exact) mass is 471 g/mol. The Labute approximate surface area is 204 Å². The lowest BCUT2D eigenvalue weighted by molar-refractivity contribution is 0.281. The number of rotatable bonds is 8. The van der Waals surface area contributed by atoms with Gasteiger partial charge in [-0.05, 0) is 68.5 Å². The fraction of sp³-hybridized carbons (Fsp3) is 0.407. The molecule has 0 saturated heterocycles. The Morgan fingerprint density at radius 1 is 1.06 bits per heavy atom. The zero-order valence-corrected chi connectivity index (χ0v) is 20.3. The van der Waals surface area contributed by atoms with Crippen molar-refractivity contribution in [3.05, 3.63) is 76.9 Å². The molecule has 0 bridgehead atoms.